The molecular weight excluding hydrogens is 340 g/mol. The van der Waals surface area contributed by atoms with Gasteiger partial charge < -0.3 is 10.6 Å². The van der Waals surface area contributed by atoms with Gasteiger partial charge in [0.05, 0.1) is 6.54 Å². The molecule has 0 radical (unpaired) electrons. The molecule has 0 saturated carbocycles. The lowest BCUT2D eigenvalue weighted by atomic mass is 10.1. The monoisotopic (exact) mass is 360 g/mol. The van der Waals surface area contributed by atoms with Crippen molar-refractivity contribution < 1.29 is 4.79 Å². The van der Waals surface area contributed by atoms with Crippen LogP contribution in [0.2, 0.25) is 0 Å². The van der Waals surface area contributed by atoms with E-state index in [-0.39, 0.29) is 5.91 Å². The van der Waals surface area contributed by atoms with E-state index in [0.717, 1.165) is 35.1 Å². The average Bonchev–Trinajstić information content (AvgIpc) is 2.52. The second kappa shape index (κ2) is 8.71. The van der Waals surface area contributed by atoms with Gasteiger partial charge in [-0.05, 0) is 55.6 Å². The van der Waals surface area contributed by atoms with Crippen molar-refractivity contribution in [3.8, 4) is 0 Å². The SMILES string of the molecule is Cc1cc(NC(=O)CNCCCc2ccccc2)ccc1Br. The van der Waals surface area contributed by atoms with Crippen LogP contribution in [0.4, 0.5) is 5.69 Å². The van der Waals surface area contributed by atoms with Crippen molar-refractivity contribution in [2.45, 2.75) is 19.8 Å². The second-order valence-electron chi connectivity index (χ2n) is 5.28. The van der Waals surface area contributed by atoms with Crippen molar-refractivity contribution in [2.75, 3.05) is 18.4 Å². The first-order chi connectivity index (χ1) is 10.6. The van der Waals surface area contributed by atoms with Crippen molar-refractivity contribution >= 4 is 27.5 Å². The molecule has 0 aromatic heterocycles. The van der Waals surface area contributed by atoms with E-state index in [0.29, 0.717) is 6.54 Å². The van der Waals surface area contributed by atoms with Crippen molar-refractivity contribution in [2.24, 2.45) is 0 Å². The highest BCUT2D eigenvalue weighted by Crippen LogP contribution is 2.19. The van der Waals surface area contributed by atoms with Gasteiger partial charge in [0.2, 0.25) is 5.91 Å². The fourth-order valence-corrected chi connectivity index (χ4v) is 2.44. The molecule has 0 aliphatic carbocycles. The van der Waals surface area contributed by atoms with E-state index in [9.17, 15) is 4.79 Å². The van der Waals surface area contributed by atoms with Crippen LogP contribution in [-0.2, 0) is 11.2 Å². The number of halogens is 1. The smallest absolute Gasteiger partial charge is 0.238 e. The third kappa shape index (κ3) is 5.62. The molecular formula is C18H21BrN2O. The molecule has 116 valence electrons. The maximum Gasteiger partial charge on any atom is 0.238 e. The van der Waals surface area contributed by atoms with Crippen LogP contribution in [0.25, 0.3) is 0 Å². The molecule has 1 amide bonds. The van der Waals surface area contributed by atoms with Gasteiger partial charge in [0.1, 0.15) is 0 Å². The summed E-state index contributed by atoms with van der Waals surface area (Å²) in [6.45, 7) is 3.17. The van der Waals surface area contributed by atoms with Gasteiger partial charge in [-0.2, -0.15) is 0 Å². The van der Waals surface area contributed by atoms with E-state index in [1.165, 1.54) is 5.56 Å². The predicted molar refractivity (Wildman–Crippen MR) is 95.1 cm³/mol. The number of carbonyl (C=O) groups is 1. The molecule has 2 aromatic rings. The lowest BCUT2D eigenvalue weighted by Gasteiger charge is -2.08. The topological polar surface area (TPSA) is 41.1 Å². The molecule has 4 heteroatoms. The van der Waals surface area contributed by atoms with Crippen LogP contribution in [-0.4, -0.2) is 19.0 Å². The van der Waals surface area contributed by atoms with Crippen molar-refractivity contribution in [1.82, 2.24) is 5.32 Å². The van der Waals surface area contributed by atoms with Crippen LogP contribution in [0.1, 0.15) is 17.5 Å². The van der Waals surface area contributed by atoms with Crippen molar-refractivity contribution in [1.29, 1.82) is 0 Å². The van der Waals surface area contributed by atoms with Crippen LogP contribution >= 0.6 is 15.9 Å². The molecule has 0 atom stereocenters. The maximum absolute atomic E-state index is 11.9. The van der Waals surface area contributed by atoms with Gasteiger partial charge in [-0.3, -0.25) is 4.79 Å². The van der Waals surface area contributed by atoms with Crippen LogP contribution in [0.5, 0.6) is 0 Å². The first-order valence-electron chi connectivity index (χ1n) is 7.46. The minimum Gasteiger partial charge on any atom is -0.325 e. The Morgan fingerprint density at radius 1 is 1.14 bits per heavy atom. The highest BCUT2D eigenvalue weighted by molar-refractivity contribution is 9.10. The number of hydrogen-bond donors (Lipinski definition) is 2. The highest BCUT2D eigenvalue weighted by atomic mass is 79.9. The molecule has 2 aromatic carbocycles. The van der Waals surface area contributed by atoms with Crippen LogP contribution in [0.3, 0.4) is 0 Å². The van der Waals surface area contributed by atoms with E-state index in [2.05, 4.69) is 50.8 Å². The summed E-state index contributed by atoms with van der Waals surface area (Å²) in [7, 11) is 0. The fourth-order valence-electron chi connectivity index (χ4n) is 2.19. The molecule has 2 rings (SSSR count). The molecule has 3 nitrogen and oxygen atoms in total. The first kappa shape index (κ1) is 16.7. The Morgan fingerprint density at radius 2 is 1.91 bits per heavy atom. The van der Waals surface area contributed by atoms with E-state index in [4.69, 9.17) is 0 Å². The molecule has 2 N–H and O–H groups in total. The van der Waals surface area contributed by atoms with E-state index in [1.807, 2.05) is 31.2 Å². The van der Waals surface area contributed by atoms with Crippen LogP contribution in [0.15, 0.2) is 53.0 Å². The first-order valence-corrected chi connectivity index (χ1v) is 8.25. The Bertz CT molecular complexity index is 614. The molecule has 0 spiro atoms. The molecule has 0 bridgehead atoms. The minimum absolute atomic E-state index is 0.0126. The number of nitrogens with one attached hydrogen (secondary N) is 2. The predicted octanol–water partition coefficient (Wildman–Crippen LogP) is 3.92. The quantitative estimate of drug-likeness (QED) is 0.734. The van der Waals surface area contributed by atoms with Gasteiger partial charge in [0.25, 0.3) is 0 Å². The van der Waals surface area contributed by atoms with Gasteiger partial charge in [-0.25, -0.2) is 0 Å². The van der Waals surface area contributed by atoms with Gasteiger partial charge in [-0.1, -0.05) is 46.3 Å². The summed E-state index contributed by atoms with van der Waals surface area (Å²) in [5.41, 5.74) is 3.27. The van der Waals surface area contributed by atoms with E-state index < -0.39 is 0 Å². The summed E-state index contributed by atoms with van der Waals surface area (Å²) in [4.78, 5) is 11.9. The van der Waals surface area contributed by atoms with Crippen LogP contribution in [0, 0.1) is 6.92 Å². The average molecular weight is 361 g/mol. The molecule has 0 fully saturated rings. The van der Waals surface area contributed by atoms with Crippen molar-refractivity contribution in [3.63, 3.8) is 0 Å². The number of aryl methyl sites for hydroxylation is 2. The number of hydrogen-bond acceptors (Lipinski definition) is 2. The van der Waals surface area contributed by atoms with Gasteiger partial charge in [0.15, 0.2) is 0 Å². The van der Waals surface area contributed by atoms with Gasteiger partial charge in [-0.15, -0.1) is 0 Å². The standard InChI is InChI=1S/C18H21BrN2O/c1-14-12-16(9-10-17(14)19)21-18(22)13-20-11-5-8-15-6-3-2-4-7-15/h2-4,6-7,9-10,12,20H,5,8,11,13H2,1H3,(H,21,22). The third-order valence-corrected chi connectivity index (χ3v) is 4.28. The number of carbonyl (C=O) groups excluding carboxylic acids is 1. The zero-order valence-corrected chi connectivity index (χ0v) is 14.3. The lowest BCUT2D eigenvalue weighted by molar-refractivity contribution is -0.115. The zero-order valence-electron chi connectivity index (χ0n) is 12.7. The molecule has 0 aliphatic rings. The fraction of sp³-hybridized carbons (Fsp3) is 0.278. The molecule has 0 unspecified atom stereocenters. The lowest BCUT2D eigenvalue weighted by Crippen LogP contribution is -2.29. The molecule has 22 heavy (non-hydrogen) atoms. The Balaban J connectivity index is 1.64. The number of anilines is 1. The normalized spacial score (nSPS) is 10.5. The Hall–Kier alpha value is -1.65. The Labute approximate surface area is 140 Å². The van der Waals surface area contributed by atoms with Gasteiger partial charge in [0, 0.05) is 10.2 Å². The molecule has 0 heterocycles. The van der Waals surface area contributed by atoms with Crippen LogP contribution < -0.4 is 10.6 Å². The summed E-state index contributed by atoms with van der Waals surface area (Å²) < 4.78 is 1.05. The van der Waals surface area contributed by atoms with Gasteiger partial charge >= 0.3 is 0 Å². The number of rotatable bonds is 7. The van der Waals surface area contributed by atoms with E-state index >= 15 is 0 Å². The Kier molecular flexibility index (Phi) is 6.62. The van der Waals surface area contributed by atoms with Crippen molar-refractivity contribution in [3.05, 3.63) is 64.1 Å². The molecule has 0 saturated heterocycles. The second-order valence-corrected chi connectivity index (χ2v) is 6.13. The zero-order chi connectivity index (χ0) is 15.8. The Morgan fingerprint density at radius 3 is 2.64 bits per heavy atom. The number of amides is 1. The van der Waals surface area contributed by atoms with E-state index in [1.54, 1.807) is 0 Å². The summed E-state index contributed by atoms with van der Waals surface area (Å²) in [6.07, 6.45) is 2.05. The molecule has 0 aliphatic heterocycles. The largest absolute Gasteiger partial charge is 0.325 e. The summed E-state index contributed by atoms with van der Waals surface area (Å²) in [6, 6.07) is 16.2. The third-order valence-electron chi connectivity index (χ3n) is 3.39. The highest BCUT2D eigenvalue weighted by Gasteiger charge is 2.03. The number of benzene rings is 2. The summed E-state index contributed by atoms with van der Waals surface area (Å²) in [5.74, 6) is -0.0126. The summed E-state index contributed by atoms with van der Waals surface area (Å²) in [5, 5.41) is 6.08. The maximum atomic E-state index is 11.9. The minimum atomic E-state index is -0.0126. The summed E-state index contributed by atoms with van der Waals surface area (Å²) >= 11 is 3.45.